The molecule has 0 saturated heterocycles. The van der Waals surface area contributed by atoms with Gasteiger partial charge in [-0.25, -0.2) is 0 Å². The lowest BCUT2D eigenvalue weighted by atomic mass is 9.78. The van der Waals surface area contributed by atoms with Gasteiger partial charge in [-0.1, -0.05) is 40.5 Å². The topological polar surface area (TPSA) is 20.3 Å². The van der Waals surface area contributed by atoms with E-state index in [0.717, 1.165) is 38.3 Å². The minimum atomic E-state index is 0.294. The Labute approximate surface area is 113 Å². The number of ketones is 1. The molecule has 18 heavy (non-hydrogen) atoms. The molecule has 1 aliphatic carbocycles. The van der Waals surface area contributed by atoms with Crippen LogP contribution in [0.2, 0.25) is 0 Å². The van der Waals surface area contributed by atoms with Gasteiger partial charge in [-0.3, -0.25) is 4.79 Å². The second-order valence-electron chi connectivity index (χ2n) is 7.35. The second-order valence-corrected chi connectivity index (χ2v) is 7.35. The molecule has 0 aromatic carbocycles. The van der Waals surface area contributed by atoms with E-state index in [1.807, 2.05) is 0 Å². The molecule has 2 heteroatoms. The molecule has 2 nitrogen and oxygen atoms in total. The minimum Gasteiger partial charge on any atom is -0.305 e. The number of hydrogen-bond donors (Lipinski definition) is 0. The van der Waals surface area contributed by atoms with Crippen molar-refractivity contribution >= 4 is 5.78 Å². The van der Waals surface area contributed by atoms with Crippen LogP contribution in [0.15, 0.2) is 0 Å². The molecule has 0 aromatic rings. The SMILES string of the molecule is CCCC1CCC(=O)C(CN(C)CC(C)(C)C)C1. The fourth-order valence-corrected chi connectivity index (χ4v) is 3.30. The summed E-state index contributed by atoms with van der Waals surface area (Å²) in [5.74, 6) is 1.59. The molecule has 1 saturated carbocycles. The minimum absolute atomic E-state index is 0.294. The molecular formula is C16H31NO. The highest BCUT2D eigenvalue weighted by atomic mass is 16.1. The van der Waals surface area contributed by atoms with Crippen LogP contribution in [-0.2, 0) is 4.79 Å². The zero-order valence-corrected chi connectivity index (χ0v) is 13.0. The van der Waals surface area contributed by atoms with Gasteiger partial charge >= 0.3 is 0 Å². The van der Waals surface area contributed by atoms with Crippen molar-refractivity contribution in [1.82, 2.24) is 4.90 Å². The maximum Gasteiger partial charge on any atom is 0.137 e. The predicted molar refractivity (Wildman–Crippen MR) is 77.7 cm³/mol. The molecule has 0 radical (unpaired) electrons. The van der Waals surface area contributed by atoms with E-state index in [0.29, 0.717) is 17.1 Å². The zero-order chi connectivity index (χ0) is 13.8. The Bertz CT molecular complexity index is 267. The van der Waals surface area contributed by atoms with E-state index < -0.39 is 0 Å². The van der Waals surface area contributed by atoms with Crippen LogP contribution >= 0.6 is 0 Å². The lowest BCUT2D eigenvalue weighted by Gasteiger charge is -2.33. The van der Waals surface area contributed by atoms with Gasteiger partial charge in [0, 0.05) is 25.4 Å². The van der Waals surface area contributed by atoms with E-state index in [4.69, 9.17) is 0 Å². The van der Waals surface area contributed by atoms with Gasteiger partial charge in [0.15, 0.2) is 0 Å². The Balaban J connectivity index is 2.45. The Morgan fingerprint density at radius 3 is 2.56 bits per heavy atom. The molecule has 0 aromatic heterocycles. The maximum absolute atomic E-state index is 12.0. The summed E-state index contributed by atoms with van der Waals surface area (Å²) in [6, 6.07) is 0. The van der Waals surface area contributed by atoms with Crippen molar-refractivity contribution in [1.29, 1.82) is 0 Å². The Morgan fingerprint density at radius 2 is 2.00 bits per heavy atom. The van der Waals surface area contributed by atoms with Gasteiger partial charge in [-0.2, -0.15) is 0 Å². The van der Waals surface area contributed by atoms with E-state index in [1.165, 1.54) is 12.8 Å². The summed E-state index contributed by atoms with van der Waals surface area (Å²) < 4.78 is 0. The molecular weight excluding hydrogens is 222 g/mol. The lowest BCUT2D eigenvalue weighted by molar-refractivity contribution is -0.126. The fourth-order valence-electron chi connectivity index (χ4n) is 3.30. The quantitative estimate of drug-likeness (QED) is 0.743. The van der Waals surface area contributed by atoms with Gasteiger partial charge in [0.2, 0.25) is 0 Å². The van der Waals surface area contributed by atoms with Gasteiger partial charge < -0.3 is 4.90 Å². The van der Waals surface area contributed by atoms with E-state index in [1.54, 1.807) is 0 Å². The summed E-state index contributed by atoms with van der Waals surface area (Å²) in [6.45, 7) is 11.0. The third-order valence-corrected chi connectivity index (χ3v) is 3.85. The van der Waals surface area contributed by atoms with Gasteiger partial charge in [0.1, 0.15) is 5.78 Å². The largest absolute Gasteiger partial charge is 0.305 e. The third-order valence-electron chi connectivity index (χ3n) is 3.85. The summed E-state index contributed by atoms with van der Waals surface area (Å²) in [5, 5.41) is 0. The number of hydrogen-bond acceptors (Lipinski definition) is 2. The molecule has 0 bridgehead atoms. The number of Topliss-reactive ketones (excluding diaryl/α,β-unsaturated/α-hetero) is 1. The second kappa shape index (κ2) is 6.70. The summed E-state index contributed by atoms with van der Waals surface area (Å²) in [6.07, 6.45) is 5.63. The van der Waals surface area contributed by atoms with E-state index in [-0.39, 0.29) is 0 Å². The molecule has 1 rings (SSSR count). The third kappa shape index (κ3) is 5.51. The number of carbonyl (C=O) groups excluding carboxylic acids is 1. The number of rotatable bonds is 5. The highest BCUT2D eigenvalue weighted by molar-refractivity contribution is 5.81. The molecule has 0 heterocycles. The van der Waals surface area contributed by atoms with Crippen molar-refractivity contribution in [2.45, 2.75) is 59.8 Å². The summed E-state index contributed by atoms with van der Waals surface area (Å²) in [4.78, 5) is 14.4. The van der Waals surface area contributed by atoms with Crippen molar-refractivity contribution < 1.29 is 4.79 Å². The van der Waals surface area contributed by atoms with Gasteiger partial charge in [-0.05, 0) is 31.2 Å². The van der Waals surface area contributed by atoms with E-state index in [9.17, 15) is 4.79 Å². The van der Waals surface area contributed by atoms with Gasteiger partial charge in [0.05, 0.1) is 0 Å². The Hall–Kier alpha value is -0.370. The lowest BCUT2D eigenvalue weighted by Crippen LogP contribution is -2.38. The van der Waals surface area contributed by atoms with Crippen molar-refractivity contribution in [3.05, 3.63) is 0 Å². The summed E-state index contributed by atoms with van der Waals surface area (Å²) in [7, 11) is 2.15. The molecule has 0 aliphatic heterocycles. The highest BCUT2D eigenvalue weighted by Gasteiger charge is 2.29. The molecule has 1 fully saturated rings. The Kier molecular flexibility index (Phi) is 5.84. The first-order valence-electron chi connectivity index (χ1n) is 7.53. The molecule has 106 valence electrons. The smallest absolute Gasteiger partial charge is 0.137 e. The average Bonchev–Trinajstić information content (AvgIpc) is 2.20. The van der Waals surface area contributed by atoms with Crippen LogP contribution < -0.4 is 0 Å². The normalized spacial score (nSPS) is 25.8. The van der Waals surface area contributed by atoms with E-state index in [2.05, 4.69) is 39.6 Å². The van der Waals surface area contributed by atoms with Crippen LogP contribution in [0, 0.1) is 17.3 Å². The average molecular weight is 253 g/mol. The van der Waals surface area contributed by atoms with Crippen molar-refractivity contribution in [2.75, 3.05) is 20.1 Å². The van der Waals surface area contributed by atoms with E-state index >= 15 is 0 Å². The van der Waals surface area contributed by atoms with Crippen LogP contribution in [-0.4, -0.2) is 30.8 Å². The first kappa shape index (κ1) is 15.7. The number of nitrogens with zero attached hydrogens (tertiary/aromatic N) is 1. The summed E-state index contributed by atoms with van der Waals surface area (Å²) >= 11 is 0. The molecule has 0 amide bonds. The highest BCUT2D eigenvalue weighted by Crippen LogP contribution is 2.30. The molecule has 2 unspecified atom stereocenters. The molecule has 0 N–H and O–H groups in total. The van der Waals surface area contributed by atoms with Crippen molar-refractivity contribution in [2.24, 2.45) is 17.3 Å². The predicted octanol–water partition coefficient (Wildman–Crippen LogP) is 3.75. The van der Waals surface area contributed by atoms with Crippen LogP contribution in [0.5, 0.6) is 0 Å². The van der Waals surface area contributed by atoms with Crippen LogP contribution in [0.1, 0.15) is 59.8 Å². The zero-order valence-electron chi connectivity index (χ0n) is 13.0. The first-order chi connectivity index (χ1) is 8.31. The van der Waals surface area contributed by atoms with Crippen molar-refractivity contribution in [3.63, 3.8) is 0 Å². The Morgan fingerprint density at radius 1 is 1.33 bits per heavy atom. The number of carbonyl (C=O) groups is 1. The summed E-state index contributed by atoms with van der Waals surface area (Å²) in [5.41, 5.74) is 0.315. The van der Waals surface area contributed by atoms with Crippen LogP contribution in [0.25, 0.3) is 0 Å². The first-order valence-corrected chi connectivity index (χ1v) is 7.53. The molecule has 2 atom stereocenters. The monoisotopic (exact) mass is 253 g/mol. The molecule has 0 spiro atoms. The molecule has 1 aliphatic rings. The van der Waals surface area contributed by atoms with Crippen molar-refractivity contribution in [3.8, 4) is 0 Å². The van der Waals surface area contributed by atoms with Crippen LogP contribution in [0.4, 0.5) is 0 Å². The van der Waals surface area contributed by atoms with Gasteiger partial charge in [-0.15, -0.1) is 0 Å². The standard InChI is InChI=1S/C16H31NO/c1-6-7-13-8-9-15(18)14(10-13)11-17(5)12-16(2,3)4/h13-14H,6-12H2,1-5H3. The maximum atomic E-state index is 12.0. The van der Waals surface area contributed by atoms with Gasteiger partial charge in [0.25, 0.3) is 0 Å². The fraction of sp³-hybridized carbons (Fsp3) is 0.938. The van der Waals surface area contributed by atoms with Crippen LogP contribution in [0.3, 0.4) is 0 Å².